The number of carbonyl (C=O) groups is 1. The standard InChI is InChI=1S/C12H20BrN3OS/c1-3-5-10-11(18-16-15-10)12(17)14-7-4-6-9(2)8-13/h9H,3-8H2,1-2H3,(H,14,17). The van der Waals surface area contributed by atoms with Crippen LogP contribution in [0.15, 0.2) is 0 Å². The van der Waals surface area contributed by atoms with Crippen LogP contribution in [0.25, 0.3) is 0 Å². The minimum Gasteiger partial charge on any atom is -0.351 e. The van der Waals surface area contributed by atoms with Crippen LogP contribution in [0.3, 0.4) is 0 Å². The topological polar surface area (TPSA) is 54.9 Å². The zero-order valence-corrected chi connectivity index (χ0v) is 13.3. The molecular weight excluding hydrogens is 314 g/mol. The van der Waals surface area contributed by atoms with E-state index in [-0.39, 0.29) is 5.91 Å². The first-order valence-corrected chi connectivity index (χ1v) is 8.23. The maximum absolute atomic E-state index is 11.9. The third-order valence-electron chi connectivity index (χ3n) is 2.67. The van der Waals surface area contributed by atoms with E-state index < -0.39 is 0 Å². The molecule has 1 N–H and O–H groups in total. The summed E-state index contributed by atoms with van der Waals surface area (Å²) in [6.45, 7) is 4.99. The molecule has 0 fully saturated rings. The van der Waals surface area contributed by atoms with Crippen molar-refractivity contribution in [3.63, 3.8) is 0 Å². The highest BCUT2D eigenvalue weighted by atomic mass is 79.9. The summed E-state index contributed by atoms with van der Waals surface area (Å²) in [5.41, 5.74) is 0.828. The van der Waals surface area contributed by atoms with E-state index in [2.05, 4.69) is 44.7 Å². The van der Waals surface area contributed by atoms with Gasteiger partial charge in [0.15, 0.2) is 0 Å². The molecule has 1 atom stereocenters. The van der Waals surface area contributed by atoms with Gasteiger partial charge in [-0.05, 0) is 36.7 Å². The van der Waals surface area contributed by atoms with E-state index in [1.165, 1.54) is 11.5 Å². The van der Waals surface area contributed by atoms with Gasteiger partial charge in [-0.15, -0.1) is 5.10 Å². The Bertz CT molecular complexity index is 370. The van der Waals surface area contributed by atoms with Gasteiger partial charge >= 0.3 is 0 Å². The van der Waals surface area contributed by atoms with E-state index in [0.29, 0.717) is 10.8 Å². The molecule has 0 aliphatic rings. The smallest absolute Gasteiger partial charge is 0.264 e. The average molecular weight is 334 g/mol. The molecular formula is C12H20BrN3OS. The summed E-state index contributed by atoms with van der Waals surface area (Å²) >= 11 is 4.64. The largest absolute Gasteiger partial charge is 0.351 e. The van der Waals surface area contributed by atoms with Crippen molar-refractivity contribution < 1.29 is 4.79 Å². The van der Waals surface area contributed by atoms with Crippen molar-refractivity contribution in [1.82, 2.24) is 14.9 Å². The summed E-state index contributed by atoms with van der Waals surface area (Å²) in [6, 6.07) is 0. The summed E-state index contributed by atoms with van der Waals surface area (Å²) in [4.78, 5) is 12.6. The van der Waals surface area contributed by atoms with Gasteiger partial charge in [-0.1, -0.05) is 40.7 Å². The highest BCUT2D eigenvalue weighted by Gasteiger charge is 2.14. The third-order valence-corrected chi connectivity index (χ3v) is 4.54. The maximum Gasteiger partial charge on any atom is 0.264 e. The van der Waals surface area contributed by atoms with E-state index in [1.807, 2.05) is 0 Å². The molecule has 0 bridgehead atoms. The molecule has 1 unspecified atom stereocenters. The van der Waals surface area contributed by atoms with Gasteiger partial charge in [0, 0.05) is 11.9 Å². The lowest BCUT2D eigenvalue weighted by molar-refractivity contribution is 0.0955. The number of nitrogens with one attached hydrogen (secondary N) is 1. The highest BCUT2D eigenvalue weighted by molar-refractivity contribution is 9.09. The summed E-state index contributed by atoms with van der Waals surface area (Å²) < 4.78 is 3.86. The molecule has 6 heteroatoms. The Balaban J connectivity index is 2.34. The van der Waals surface area contributed by atoms with Crippen molar-refractivity contribution in [2.45, 2.75) is 39.5 Å². The lowest BCUT2D eigenvalue weighted by Gasteiger charge is -2.07. The molecule has 0 spiro atoms. The van der Waals surface area contributed by atoms with Crippen LogP contribution >= 0.6 is 27.5 Å². The molecule has 0 saturated heterocycles. The van der Waals surface area contributed by atoms with Crippen LogP contribution in [0.4, 0.5) is 0 Å². The second-order valence-electron chi connectivity index (χ2n) is 4.46. The van der Waals surface area contributed by atoms with Crippen molar-refractivity contribution in [3.05, 3.63) is 10.6 Å². The van der Waals surface area contributed by atoms with E-state index in [9.17, 15) is 4.79 Å². The molecule has 0 aliphatic heterocycles. The molecule has 0 radical (unpaired) electrons. The van der Waals surface area contributed by atoms with Crippen LogP contribution in [0.1, 0.15) is 48.5 Å². The van der Waals surface area contributed by atoms with E-state index in [4.69, 9.17) is 0 Å². The third kappa shape index (κ3) is 5.02. The summed E-state index contributed by atoms with van der Waals surface area (Å²) in [6.07, 6.45) is 3.93. The van der Waals surface area contributed by atoms with Gasteiger partial charge in [-0.2, -0.15) is 0 Å². The Morgan fingerprint density at radius 2 is 2.33 bits per heavy atom. The number of hydrogen-bond donors (Lipinski definition) is 1. The number of hydrogen-bond acceptors (Lipinski definition) is 4. The second kappa shape index (κ2) is 8.58. The molecule has 4 nitrogen and oxygen atoms in total. The first-order chi connectivity index (χ1) is 8.69. The number of amides is 1. The number of carbonyl (C=O) groups excluding carboxylic acids is 1. The minimum atomic E-state index is -0.0278. The van der Waals surface area contributed by atoms with Gasteiger partial charge in [0.2, 0.25) is 0 Å². The molecule has 102 valence electrons. The summed E-state index contributed by atoms with van der Waals surface area (Å²) in [5.74, 6) is 0.627. The fraction of sp³-hybridized carbons (Fsp3) is 0.750. The molecule has 1 rings (SSSR count). The van der Waals surface area contributed by atoms with E-state index in [0.717, 1.165) is 43.3 Å². The van der Waals surface area contributed by atoms with Crippen molar-refractivity contribution in [1.29, 1.82) is 0 Å². The molecule has 1 aromatic rings. The quantitative estimate of drug-likeness (QED) is 0.587. The predicted octanol–water partition coefficient (Wildman–Crippen LogP) is 3.03. The van der Waals surface area contributed by atoms with Crippen LogP contribution in [0.2, 0.25) is 0 Å². The summed E-state index contributed by atoms with van der Waals surface area (Å²) in [5, 5.41) is 7.95. The van der Waals surface area contributed by atoms with Crippen LogP contribution in [-0.4, -0.2) is 27.4 Å². The SMILES string of the molecule is CCCc1nnsc1C(=O)NCCCC(C)CBr. The number of aryl methyl sites for hydroxylation is 1. The molecule has 1 aromatic heterocycles. The van der Waals surface area contributed by atoms with Crippen LogP contribution in [0.5, 0.6) is 0 Å². The number of alkyl halides is 1. The van der Waals surface area contributed by atoms with Crippen molar-refractivity contribution in [3.8, 4) is 0 Å². The maximum atomic E-state index is 11.9. The monoisotopic (exact) mass is 333 g/mol. The molecule has 18 heavy (non-hydrogen) atoms. The Morgan fingerprint density at radius 1 is 1.56 bits per heavy atom. The van der Waals surface area contributed by atoms with Crippen LogP contribution in [-0.2, 0) is 6.42 Å². The average Bonchev–Trinajstić information content (AvgIpc) is 2.82. The number of rotatable bonds is 8. The normalized spacial score (nSPS) is 12.4. The van der Waals surface area contributed by atoms with Gasteiger partial charge in [-0.3, -0.25) is 4.79 Å². The van der Waals surface area contributed by atoms with Crippen molar-refractivity contribution in [2.75, 3.05) is 11.9 Å². The predicted molar refractivity (Wildman–Crippen MR) is 78.4 cm³/mol. The van der Waals surface area contributed by atoms with Gasteiger partial charge < -0.3 is 5.32 Å². The lowest BCUT2D eigenvalue weighted by atomic mass is 10.1. The van der Waals surface area contributed by atoms with Gasteiger partial charge in [0.05, 0.1) is 5.69 Å². The van der Waals surface area contributed by atoms with Crippen LogP contribution < -0.4 is 5.32 Å². The zero-order chi connectivity index (χ0) is 13.4. The Labute approximate surface area is 121 Å². The number of aromatic nitrogens is 2. The van der Waals surface area contributed by atoms with Gasteiger partial charge in [0.1, 0.15) is 4.88 Å². The first-order valence-electron chi connectivity index (χ1n) is 6.34. The van der Waals surface area contributed by atoms with Crippen molar-refractivity contribution in [2.24, 2.45) is 5.92 Å². The summed E-state index contributed by atoms with van der Waals surface area (Å²) in [7, 11) is 0. The molecule has 1 heterocycles. The van der Waals surface area contributed by atoms with Gasteiger partial charge in [-0.25, -0.2) is 0 Å². The lowest BCUT2D eigenvalue weighted by Crippen LogP contribution is -2.25. The fourth-order valence-electron chi connectivity index (χ4n) is 1.59. The number of nitrogens with zero attached hydrogens (tertiary/aromatic N) is 2. The van der Waals surface area contributed by atoms with E-state index >= 15 is 0 Å². The first kappa shape index (κ1) is 15.6. The Morgan fingerprint density at radius 3 is 3.00 bits per heavy atom. The van der Waals surface area contributed by atoms with Crippen molar-refractivity contribution >= 4 is 33.4 Å². The highest BCUT2D eigenvalue weighted by Crippen LogP contribution is 2.12. The number of halogens is 1. The molecule has 1 amide bonds. The molecule has 0 aliphatic carbocycles. The van der Waals surface area contributed by atoms with E-state index in [1.54, 1.807) is 0 Å². The Hall–Kier alpha value is -0.490. The zero-order valence-electron chi connectivity index (χ0n) is 10.9. The Kier molecular flexibility index (Phi) is 7.42. The fourth-order valence-corrected chi connectivity index (χ4v) is 2.54. The van der Waals surface area contributed by atoms with Crippen LogP contribution in [0, 0.1) is 5.92 Å². The molecule has 0 saturated carbocycles. The van der Waals surface area contributed by atoms with Gasteiger partial charge in [0.25, 0.3) is 5.91 Å². The second-order valence-corrected chi connectivity index (χ2v) is 5.86. The minimum absolute atomic E-state index is 0.0278. The molecule has 0 aromatic carbocycles.